The van der Waals surface area contributed by atoms with Gasteiger partial charge in [0, 0.05) is 37.6 Å². The van der Waals surface area contributed by atoms with E-state index < -0.39 is 0 Å². The van der Waals surface area contributed by atoms with E-state index in [0.717, 1.165) is 23.1 Å². The molecule has 6 heteroatoms. The van der Waals surface area contributed by atoms with Crippen LogP contribution in [0.25, 0.3) is 17.3 Å². The number of benzene rings is 1. The van der Waals surface area contributed by atoms with E-state index in [2.05, 4.69) is 14.5 Å². The van der Waals surface area contributed by atoms with Crippen molar-refractivity contribution in [1.29, 1.82) is 0 Å². The lowest BCUT2D eigenvalue weighted by Gasteiger charge is -2.24. The molecule has 1 aromatic carbocycles. The van der Waals surface area contributed by atoms with Crippen LogP contribution in [0.1, 0.15) is 13.8 Å². The zero-order valence-corrected chi connectivity index (χ0v) is 14.4. The van der Waals surface area contributed by atoms with Crippen molar-refractivity contribution >= 4 is 0 Å². The standard InChI is InChI=1S/C18H22N4O2/c1-18(2,24-4)13-21-11-9-19-16(21)17-20-10-12-22(17)14-5-7-15(23-3)8-6-14/h5-12H,13H2,1-4H3. The Morgan fingerprint density at radius 3 is 2.29 bits per heavy atom. The summed E-state index contributed by atoms with van der Waals surface area (Å²) >= 11 is 0. The van der Waals surface area contributed by atoms with E-state index >= 15 is 0 Å². The average Bonchev–Trinajstić information content (AvgIpc) is 3.23. The van der Waals surface area contributed by atoms with Crippen molar-refractivity contribution in [3.8, 4) is 23.1 Å². The molecular weight excluding hydrogens is 304 g/mol. The van der Waals surface area contributed by atoms with Crippen molar-refractivity contribution < 1.29 is 9.47 Å². The Morgan fingerprint density at radius 2 is 1.62 bits per heavy atom. The molecule has 0 spiro atoms. The Labute approximate surface area is 141 Å². The fraction of sp³-hybridized carbons (Fsp3) is 0.333. The third-order valence-corrected chi connectivity index (χ3v) is 4.01. The van der Waals surface area contributed by atoms with Gasteiger partial charge in [-0.15, -0.1) is 0 Å². The molecule has 0 unspecified atom stereocenters. The molecule has 2 aromatic heterocycles. The van der Waals surface area contributed by atoms with Crippen LogP contribution in [0.5, 0.6) is 5.75 Å². The van der Waals surface area contributed by atoms with E-state index in [9.17, 15) is 0 Å². The molecule has 0 radical (unpaired) electrons. The summed E-state index contributed by atoms with van der Waals surface area (Å²) in [6, 6.07) is 7.85. The minimum Gasteiger partial charge on any atom is -0.497 e. The maximum absolute atomic E-state index is 5.53. The SMILES string of the molecule is COc1ccc(-n2ccnc2-c2nccn2CC(C)(C)OC)cc1. The summed E-state index contributed by atoms with van der Waals surface area (Å²) in [4.78, 5) is 9.00. The van der Waals surface area contributed by atoms with Gasteiger partial charge in [0.1, 0.15) is 5.75 Å². The predicted molar refractivity (Wildman–Crippen MR) is 92.4 cm³/mol. The van der Waals surface area contributed by atoms with Crippen LogP contribution < -0.4 is 4.74 Å². The summed E-state index contributed by atoms with van der Waals surface area (Å²) in [5, 5.41) is 0. The molecular formula is C18H22N4O2. The highest BCUT2D eigenvalue weighted by atomic mass is 16.5. The van der Waals surface area contributed by atoms with E-state index in [1.807, 2.05) is 55.1 Å². The second kappa shape index (κ2) is 6.49. The van der Waals surface area contributed by atoms with E-state index in [4.69, 9.17) is 9.47 Å². The Balaban J connectivity index is 1.98. The average molecular weight is 326 g/mol. The summed E-state index contributed by atoms with van der Waals surface area (Å²) in [6.45, 7) is 4.79. The summed E-state index contributed by atoms with van der Waals surface area (Å²) in [5.74, 6) is 2.42. The van der Waals surface area contributed by atoms with Gasteiger partial charge < -0.3 is 14.0 Å². The summed E-state index contributed by atoms with van der Waals surface area (Å²) in [7, 11) is 3.38. The first-order valence-electron chi connectivity index (χ1n) is 7.78. The molecule has 0 amide bonds. The van der Waals surface area contributed by atoms with E-state index in [0.29, 0.717) is 6.54 Å². The molecule has 0 saturated carbocycles. The van der Waals surface area contributed by atoms with Crippen molar-refractivity contribution in [3.63, 3.8) is 0 Å². The van der Waals surface area contributed by atoms with Crippen LogP contribution in [0.15, 0.2) is 49.1 Å². The molecule has 3 aromatic rings. The number of ether oxygens (including phenoxy) is 2. The van der Waals surface area contributed by atoms with Gasteiger partial charge in [0.25, 0.3) is 0 Å². The molecule has 0 fully saturated rings. The topological polar surface area (TPSA) is 54.1 Å². The largest absolute Gasteiger partial charge is 0.497 e. The third kappa shape index (κ3) is 3.19. The minimum absolute atomic E-state index is 0.285. The number of rotatable bonds is 6. The van der Waals surface area contributed by atoms with Crippen molar-refractivity contribution in [3.05, 3.63) is 49.1 Å². The molecule has 2 heterocycles. The highest BCUT2D eigenvalue weighted by Crippen LogP contribution is 2.23. The van der Waals surface area contributed by atoms with Gasteiger partial charge in [-0.25, -0.2) is 9.97 Å². The van der Waals surface area contributed by atoms with Crippen molar-refractivity contribution in [1.82, 2.24) is 19.1 Å². The van der Waals surface area contributed by atoms with Gasteiger partial charge >= 0.3 is 0 Å². The number of hydrogen-bond donors (Lipinski definition) is 0. The monoisotopic (exact) mass is 326 g/mol. The Kier molecular flexibility index (Phi) is 4.40. The van der Waals surface area contributed by atoms with Crippen LogP contribution in [-0.2, 0) is 11.3 Å². The second-order valence-electron chi connectivity index (χ2n) is 6.16. The number of hydrogen-bond acceptors (Lipinski definition) is 4. The third-order valence-electron chi connectivity index (χ3n) is 4.01. The van der Waals surface area contributed by atoms with Gasteiger partial charge in [-0.3, -0.25) is 4.57 Å². The van der Waals surface area contributed by atoms with Gasteiger partial charge in [-0.05, 0) is 38.1 Å². The molecule has 0 aliphatic rings. The second-order valence-corrected chi connectivity index (χ2v) is 6.16. The Morgan fingerprint density at radius 1 is 0.958 bits per heavy atom. The van der Waals surface area contributed by atoms with Crippen molar-refractivity contribution in [2.24, 2.45) is 0 Å². The number of nitrogens with zero attached hydrogens (tertiary/aromatic N) is 4. The molecule has 0 aliphatic heterocycles. The first-order chi connectivity index (χ1) is 11.5. The van der Waals surface area contributed by atoms with Crippen LogP contribution in [0.3, 0.4) is 0 Å². The zero-order chi connectivity index (χ0) is 17.2. The first-order valence-corrected chi connectivity index (χ1v) is 7.78. The number of methoxy groups -OCH3 is 2. The van der Waals surface area contributed by atoms with Crippen LogP contribution in [0, 0.1) is 0 Å². The highest BCUT2D eigenvalue weighted by molar-refractivity contribution is 5.51. The molecule has 0 atom stereocenters. The van der Waals surface area contributed by atoms with E-state index in [-0.39, 0.29) is 5.60 Å². The van der Waals surface area contributed by atoms with Gasteiger partial charge in [-0.1, -0.05) is 0 Å². The zero-order valence-electron chi connectivity index (χ0n) is 14.4. The Hall–Kier alpha value is -2.60. The van der Waals surface area contributed by atoms with Crippen molar-refractivity contribution in [2.75, 3.05) is 14.2 Å². The number of aromatic nitrogens is 4. The fourth-order valence-corrected chi connectivity index (χ4v) is 2.54. The highest BCUT2D eigenvalue weighted by Gasteiger charge is 2.21. The normalized spacial score (nSPS) is 11.7. The number of imidazole rings is 2. The molecule has 126 valence electrons. The Bertz CT molecular complexity index is 803. The molecule has 6 nitrogen and oxygen atoms in total. The summed E-state index contributed by atoms with van der Waals surface area (Å²) in [6.07, 6.45) is 7.44. The lowest BCUT2D eigenvalue weighted by Crippen LogP contribution is -2.29. The molecule has 0 bridgehead atoms. The van der Waals surface area contributed by atoms with Crippen molar-refractivity contribution in [2.45, 2.75) is 26.0 Å². The molecule has 0 saturated heterocycles. The maximum Gasteiger partial charge on any atom is 0.181 e. The van der Waals surface area contributed by atoms with Gasteiger partial charge in [-0.2, -0.15) is 0 Å². The molecule has 0 N–H and O–H groups in total. The maximum atomic E-state index is 5.53. The van der Waals surface area contributed by atoms with Gasteiger partial charge in [0.15, 0.2) is 11.6 Å². The van der Waals surface area contributed by atoms with Crippen LogP contribution in [0.4, 0.5) is 0 Å². The molecule has 0 aliphatic carbocycles. The van der Waals surface area contributed by atoms with Crippen LogP contribution >= 0.6 is 0 Å². The quantitative estimate of drug-likeness (QED) is 0.698. The summed E-state index contributed by atoms with van der Waals surface area (Å²) < 4.78 is 14.8. The first kappa shape index (κ1) is 16.3. The predicted octanol–water partition coefficient (Wildman–Crippen LogP) is 3.17. The lowest BCUT2D eigenvalue weighted by atomic mass is 10.1. The van der Waals surface area contributed by atoms with Crippen LogP contribution in [-0.4, -0.2) is 38.9 Å². The van der Waals surface area contributed by atoms with Gasteiger partial charge in [0.2, 0.25) is 0 Å². The van der Waals surface area contributed by atoms with Gasteiger partial charge in [0.05, 0.1) is 19.3 Å². The lowest BCUT2D eigenvalue weighted by molar-refractivity contribution is 0.00847. The summed E-state index contributed by atoms with van der Waals surface area (Å²) in [5.41, 5.74) is 0.719. The smallest absolute Gasteiger partial charge is 0.181 e. The minimum atomic E-state index is -0.285. The molecule has 3 rings (SSSR count). The molecule has 24 heavy (non-hydrogen) atoms. The van der Waals surface area contributed by atoms with Crippen LogP contribution in [0.2, 0.25) is 0 Å². The van der Waals surface area contributed by atoms with E-state index in [1.165, 1.54) is 0 Å². The fourth-order valence-electron chi connectivity index (χ4n) is 2.54. The van der Waals surface area contributed by atoms with E-state index in [1.54, 1.807) is 26.6 Å².